The molecular weight excluding hydrogens is 198 g/mol. The first-order valence-corrected chi connectivity index (χ1v) is 5.66. The van der Waals surface area contributed by atoms with E-state index in [1.54, 1.807) is 0 Å². The van der Waals surface area contributed by atoms with Crippen LogP contribution in [0.2, 0.25) is 0 Å². The van der Waals surface area contributed by atoms with E-state index in [1.165, 1.54) is 5.52 Å². The van der Waals surface area contributed by atoms with Crippen LogP contribution in [0.1, 0.15) is 30.6 Å². The largest absolute Gasteiger partial charge is 0.351 e. The third-order valence-corrected chi connectivity index (χ3v) is 2.80. The monoisotopic (exact) mass is 215 g/mol. The van der Waals surface area contributed by atoms with Crippen LogP contribution in [0, 0.1) is 5.92 Å². The molecule has 0 aliphatic heterocycles. The van der Waals surface area contributed by atoms with Gasteiger partial charge in [0, 0.05) is 36.1 Å². The number of ketones is 1. The van der Waals surface area contributed by atoms with Crippen LogP contribution >= 0.6 is 0 Å². The summed E-state index contributed by atoms with van der Waals surface area (Å²) in [5.74, 6) is 0.653. The summed E-state index contributed by atoms with van der Waals surface area (Å²) < 4.78 is 2.06. The van der Waals surface area contributed by atoms with Crippen molar-refractivity contribution in [2.24, 2.45) is 13.0 Å². The van der Waals surface area contributed by atoms with Crippen molar-refractivity contribution in [3.05, 3.63) is 36.0 Å². The number of nitrogens with zero attached hydrogens (tertiary/aromatic N) is 1. The zero-order valence-electron chi connectivity index (χ0n) is 10.0. The van der Waals surface area contributed by atoms with Crippen LogP contribution in [0.4, 0.5) is 0 Å². The quantitative estimate of drug-likeness (QED) is 0.719. The Bertz CT molecular complexity index is 523. The summed E-state index contributed by atoms with van der Waals surface area (Å²) in [6.07, 6.45) is 2.64. The lowest BCUT2D eigenvalue weighted by Gasteiger charge is -2.04. The van der Waals surface area contributed by atoms with Crippen LogP contribution < -0.4 is 0 Å². The van der Waals surface area contributed by atoms with Crippen molar-refractivity contribution in [3.8, 4) is 0 Å². The highest BCUT2D eigenvalue weighted by molar-refractivity contribution is 5.99. The molecule has 0 unspecified atom stereocenters. The molecule has 0 amide bonds. The van der Waals surface area contributed by atoms with E-state index in [4.69, 9.17) is 0 Å². The maximum absolute atomic E-state index is 11.9. The molecule has 1 aromatic heterocycles. The minimum Gasteiger partial charge on any atom is -0.351 e. The highest BCUT2D eigenvalue weighted by atomic mass is 16.1. The van der Waals surface area contributed by atoms with Crippen LogP contribution in [0.3, 0.4) is 0 Å². The summed E-state index contributed by atoms with van der Waals surface area (Å²) in [5.41, 5.74) is 1.99. The average Bonchev–Trinajstić information content (AvgIpc) is 2.59. The van der Waals surface area contributed by atoms with Gasteiger partial charge in [0.05, 0.1) is 0 Å². The molecular formula is C14H17NO. The number of hydrogen-bond donors (Lipinski definition) is 0. The van der Waals surface area contributed by atoms with Crippen LogP contribution in [0.25, 0.3) is 10.9 Å². The van der Waals surface area contributed by atoms with Gasteiger partial charge in [0.1, 0.15) is 0 Å². The van der Waals surface area contributed by atoms with Crippen LogP contribution in [0.5, 0.6) is 0 Å². The molecule has 2 nitrogen and oxygen atoms in total. The molecule has 84 valence electrons. The molecule has 0 aliphatic rings. The first-order chi connectivity index (χ1) is 7.58. The number of aromatic nitrogens is 1. The van der Waals surface area contributed by atoms with Crippen LogP contribution in [-0.2, 0) is 7.05 Å². The number of fused-ring (bicyclic) bond motifs is 1. The van der Waals surface area contributed by atoms with Crippen LogP contribution in [-0.4, -0.2) is 10.4 Å². The van der Waals surface area contributed by atoms with Gasteiger partial charge < -0.3 is 4.57 Å². The second kappa shape index (κ2) is 4.12. The molecule has 0 radical (unpaired) electrons. The minimum atomic E-state index is 0.237. The lowest BCUT2D eigenvalue weighted by Crippen LogP contribution is -2.03. The van der Waals surface area contributed by atoms with Gasteiger partial charge in [0.15, 0.2) is 5.78 Å². The number of benzene rings is 1. The standard InChI is InChI=1S/C14H17NO/c1-10(2)8-14(16)12-4-5-13-11(9-12)6-7-15(13)3/h4-7,9-10H,8H2,1-3H3. The first kappa shape index (κ1) is 10.9. The molecule has 1 heterocycles. The van der Waals surface area contributed by atoms with Crippen molar-refractivity contribution in [2.75, 3.05) is 0 Å². The second-order valence-electron chi connectivity index (χ2n) is 4.72. The van der Waals surface area contributed by atoms with E-state index in [-0.39, 0.29) is 5.78 Å². The van der Waals surface area contributed by atoms with Gasteiger partial charge in [-0.05, 0) is 30.2 Å². The topological polar surface area (TPSA) is 22.0 Å². The van der Waals surface area contributed by atoms with E-state index in [2.05, 4.69) is 18.4 Å². The smallest absolute Gasteiger partial charge is 0.163 e. The maximum atomic E-state index is 11.9. The zero-order valence-corrected chi connectivity index (χ0v) is 10.0. The van der Waals surface area contributed by atoms with E-state index >= 15 is 0 Å². The van der Waals surface area contributed by atoms with Gasteiger partial charge in [-0.3, -0.25) is 4.79 Å². The molecule has 0 aliphatic carbocycles. The van der Waals surface area contributed by atoms with Crippen molar-refractivity contribution in [1.82, 2.24) is 4.57 Å². The molecule has 0 bridgehead atoms. The third kappa shape index (κ3) is 2.01. The Balaban J connectivity index is 2.36. The highest BCUT2D eigenvalue weighted by Crippen LogP contribution is 2.18. The summed E-state index contributed by atoms with van der Waals surface area (Å²) in [6, 6.07) is 7.97. The van der Waals surface area contributed by atoms with Gasteiger partial charge >= 0.3 is 0 Å². The Morgan fingerprint density at radius 2 is 2.06 bits per heavy atom. The van der Waals surface area contributed by atoms with Gasteiger partial charge in [0.25, 0.3) is 0 Å². The fourth-order valence-corrected chi connectivity index (χ4v) is 1.94. The van der Waals surface area contributed by atoms with Gasteiger partial charge in [-0.2, -0.15) is 0 Å². The van der Waals surface area contributed by atoms with Gasteiger partial charge in [-0.25, -0.2) is 0 Å². The summed E-state index contributed by atoms with van der Waals surface area (Å²) >= 11 is 0. The Kier molecular flexibility index (Phi) is 2.82. The van der Waals surface area contributed by atoms with Crippen molar-refractivity contribution < 1.29 is 4.79 Å². The Morgan fingerprint density at radius 3 is 2.75 bits per heavy atom. The molecule has 2 aromatic rings. The number of hydrogen-bond acceptors (Lipinski definition) is 1. The predicted octanol–water partition coefficient (Wildman–Crippen LogP) is 3.41. The van der Waals surface area contributed by atoms with Gasteiger partial charge in [0.2, 0.25) is 0 Å². The number of carbonyl (C=O) groups excluding carboxylic acids is 1. The second-order valence-corrected chi connectivity index (χ2v) is 4.72. The molecule has 2 rings (SSSR count). The van der Waals surface area contributed by atoms with Crippen LogP contribution in [0.15, 0.2) is 30.5 Å². The van der Waals surface area contributed by atoms with E-state index in [9.17, 15) is 4.79 Å². The van der Waals surface area contributed by atoms with Crippen molar-refractivity contribution in [1.29, 1.82) is 0 Å². The SMILES string of the molecule is CC(C)CC(=O)c1ccc2c(ccn2C)c1. The Hall–Kier alpha value is -1.57. The van der Waals surface area contributed by atoms with Crippen molar-refractivity contribution in [3.63, 3.8) is 0 Å². The molecule has 1 aromatic carbocycles. The zero-order chi connectivity index (χ0) is 11.7. The first-order valence-electron chi connectivity index (χ1n) is 5.66. The molecule has 0 fully saturated rings. The molecule has 0 spiro atoms. The summed E-state index contributed by atoms with van der Waals surface area (Å²) in [4.78, 5) is 11.9. The van der Waals surface area contributed by atoms with E-state index in [1.807, 2.05) is 37.5 Å². The number of rotatable bonds is 3. The molecule has 0 atom stereocenters. The lowest BCUT2D eigenvalue weighted by atomic mass is 10.0. The van der Waals surface area contributed by atoms with E-state index in [0.717, 1.165) is 10.9 Å². The fourth-order valence-electron chi connectivity index (χ4n) is 1.94. The molecule has 0 saturated carbocycles. The van der Waals surface area contributed by atoms with E-state index in [0.29, 0.717) is 12.3 Å². The number of carbonyl (C=O) groups is 1. The highest BCUT2D eigenvalue weighted by Gasteiger charge is 2.09. The maximum Gasteiger partial charge on any atom is 0.163 e. The summed E-state index contributed by atoms with van der Waals surface area (Å²) in [7, 11) is 2.01. The van der Waals surface area contributed by atoms with Crippen molar-refractivity contribution in [2.45, 2.75) is 20.3 Å². The third-order valence-electron chi connectivity index (χ3n) is 2.80. The van der Waals surface area contributed by atoms with Crippen molar-refractivity contribution >= 4 is 16.7 Å². The normalized spacial score (nSPS) is 11.2. The molecule has 0 N–H and O–H groups in total. The van der Waals surface area contributed by atoms with E-state index < -0.39 is 0 Å². The average molecular weight is 215 g/mol. The summed E-state index contributed by atoms with van der Waals surface area (Å²) in [5, 5.41) is 1.14. The minimum absolute atomic E-state index is 0.237. The fraction of sp³-hybridized carbons (Fsp3) is 0.357. The number of aryl methyl sites for hydroxylation is 1. The Morgan fingerprint density at radius 1 is 1.31 bits per heavy atom. The molecule has 16 heavy (non-hydrogen) atoms. The summed E-state index contributed by atoms with van der Waals surface area (Å²) in [6.45, 7) is 4.14. The van der Waals surface area contributed by atoms with Gasteiger partial charge in [-0.1, -0.05) is 13.8 Å². The molecule has 2 heteroatoms. The predicted molar refractivity (Wildman–Crippen MR) is 66.7 cm³/mol. The Labute approximate surface area is 95.9 Å². The number of Topliss-reactive ketones (excluding diaryl/α,β-unsaturated/α-hetero) is 1. The van der Waals surface area contributed by atoms with Gasteiger partial charge in [-0.15, -0.1) is 0 Å². The lowest BCUT2D eigenvalue weighted by molar-refractivity contribution is 0.0968. The molecule has 0 saturated heterocycles.